The first kappa shape index (κ1) is 14.3. The molecule has 2 N–H and O–H groups in total. The Morgan fingerprint density at radius 3 is 3.00 bits per heavy atom. The van der Waals surface area contributed by atoms with Crippen molar-refractivity contribution in [3.8, 4) is 11.5 Å². The Hall–Kier alpha value is -1.65. The molecule has 1 aliphatic heterocycles. The molecule has 0 bridgehead atoms. The van der Waals surface area contributed by atoms with Gasteiger partial charge in [-0.05, 0) is 36.2 Å². The molecule has 0 amide bonds. The van der Waals surface area contributed by atoms with Crippen LogP contribution in [0.15, 0.2) is 53.4 Å². The van der Waals surface area contributed by atoms with Gasteiger partial charge < -0.3 is 15.2 Å². The average molecular weight is 301 g/mol. The highest BCUT2D eigenvalue weighted by Crippen LogP contribution is 2.35. The van der Waals surface area contributed by atoms with Crippen LogP contribution in [0, 0.1) is 0 Å². The van der Waals surface area contributed by atoms with Gasteiger partial charge in [-0.25, -0.2) is 0 Å². The van der Waals surface area contributed by atoms with E-state index in [1.54, 1.807) is 7.11 Å². The highest BCUT2D eigenvalue weighted by molar-refractivity contribution is 7.99. The predicted molar refractivity (Wildman–Crippen MR) is 86.3 cm³/mol. The minimum atomic E-state index is -0.0297. The van der Waals surface area contributed by atoms with Gasteiger partial charge in [0.15, 0.2) is 0 Å². The Labute approximate surface area is 129 Å². The largest absolute Gasteiger partial charge is 0.497 e. The summed E-state index contributed by atoms with van der Waals surface area (Å²) in [6, 6.07) is 16.1. The molecule has 1 aliphatic rings. The summed E-state index contributed by atoms with van der Waals surface area (Å²) < 4.78 is 11.3. The zero-order valence-electron chi connectivity index (χ0n) is 12.0. The zero-order valence-corrected chi connectivity index (χ0v) is 12.8. The van der Waals surface area contributed by atoms with Crippen LogP contribution >= 0.6 is 11.8 Å². The number of ether oxygens (including phenoxy) is 2. The van der Waals surface area contributed by atoms with E-state index in [9.17, 15) is 0 Å². The van der Waals surface area contributed by atoms with Crippen molar-refractivity contribution in [1.82, 2.24) is 0 Å². The van der Waals surface area contributed by atoms with Crippen LogP contribution in [-0.4, -0.2) is 25.0 Å². The highest BCUT2D eigenvalue weighted by atomic mass is 32.2. The molecule has 21 heavy (non-hydrogen) atoms. The first-order valence-corrected chi connectivity index (χ1v) is 8.02. The molecule has 0 saturated heterocycles. The number of benzene rings is 2. The van der Waals surface area contributed by atoms with Crippen molar-refractivity contribution in [2.75, 3.05) is 12.9 Å². The molecule has 0 fully saturated rings. The fraction of sp³-hybridized carbons (Fsp3) is 0.294. The second kappa shape index (κ2) is 6.41. The third kappa shape index (κ3) is 3.34. The van der Waals surface area contributed by atoms with Crippen molar-refractivity contribution in [2.45, 2.75) is 23.5 Å². The second-order valence-electron chi connectivity index (χ2n) is 5.13. The van der Waals surface area contributed by atoms with Gasteiger partial charge in [0.1, 0.15) is 17.6 Å². The summed E-state index contributed by atoms with van der Waals surface area (Å²) in [5, 5.41) is 0. The van der Waals surface area contributed by atoms with E-state index in [0.717, 1.165) is 23.7 Å². The number of fused-ring (bicyclic) bond motifs is 1. The summed E-state index contributed by atoms with van der Waals surface area (Å²) in [4.78, 5) is 1.20. The molecule has 2 aromatic rings. The number of methoxy groups -OCH3 is 1. The molecular weight excluding hydrogens is 282 g/mol. The van der Waals surface area contributed by atoms with Gasteiger partial charge in [-0.15, -0.1) is 11.8 Å². The van der Waals surface area contributed by atoms with E-state index >= 15 is 0 Å². The zero-order chi connectivity index (χ0) is 14.7. The molecule has 0 saturated carbocycles. The Morgan fingerprint density at radius 2 is 2.14 bits per heavy atom. The van der Waals surface area contributed by atoms with Crippen LogP contribution in [0.25, 0.3) is 0 Å². The summed E-state index contributed by atoms with van der Waals surface area (Å²) in [6.45, 7) is 0. The van der Waals surface area contributed by atoms with E-state index in [1.807, 2.05) is 48.2 Å². The van der Waals surface area contributed by atoms with Gasteiger partial charge in [-0.3, -0.25) is 0 Å². The van der Waals surface area contributed by atoms with E-state index in [1.165, 1.54) is 10.5 Å². The number of nitrogens with two attached hydrogens (primary N) is 1. The second-order valence-corrected chi connectivity index (χ2v) is 6.20. The van der Waals surface area contributed by atoms with Gasteiger partial charge in [0.05, 0.1) is 7.11 Å². The van der Waals surface area contributed by atoms with Gasteiger partial charge >= 0.3 is 0 Å². The molecule has 2 atom stereocenters. The van der Waals surface area contributed by atoms with Crippen molar-refractivity contribution >= 4 is 11.8 Å². The smallest absolute Gasteiger partial charge is 0.133 e. The minimum absolute atomic E-state index is 0.0297. The Bertz CT molecular complexity index is 617. The molecule has 0 aromatic heterocycles. The van der Waals surface area contributed by atoms with Crippen LogP contribution < -0.4 is 15.2 Å². The van der Waals surface area contributed by atoms with Crippen LogP contribution in [0.5, 0.6) is 11.5 Å². The minimum Gasteiger partial charge on any atom is -0.497 e. The van der Waals surface area contributed by atoms with Crippen molar-refractivity contribution in [3.63, 3.8) is 0 Å². The fourth-order valence-electron chi connectivity index (χ4n) is 2.45. The highest BCUT2D eigenvalue weighted by Gasteiger charge is 2.25. The van der Waals surface area contributed by atoms with E-state index in [0.29, 0.717) is 0 Å². The van der Waals surface area contributed by atoms with Crippen LogP contribution in [0.1, 0.15) is 5.56 Å². The van der Waals surface area contributed by atoms with Gasteiger partial charge in [0, 0.05) is 16.7 Å². The summed E-state index contributed by atoms with van der Waals surface area (Å²) >= 11 is 1.81. The van der Waals surface area contributed by atoms with Crippen LogP contribution in [0.3, 0.4) is 0 Å². The van der Waals surface area contributed by atoms with Crippen molar-refractivity contribution in [3.05, 3.63) is 54.1 Å². The fourth-order valence-corrected chi connectivity index (χ4v) is 3.54. The number of para-hydroxylation sites is 1. The summed E-state index contributed by atoms with van der Waals surface area (Å²) in [6.07, 6.45) is 0.820. The normalized spacial score (nSPS) is 18.5. The molecule has 3 nitrogen and oxygen atoms in total. The van der Waals surface area contributed by atoms with Crippen LogP contribution in [-0.2, 0) is 6.42 Å². The third-order valence-corrected chi connectivity index (χ3v) is 4.76. The van der Waals surface area contributed by atoms with Crippen molar-refractivity contribution in [2.24, 2.45) is 5.73 Å². The lowest BCUT2D eigenvalue weighted by molar-refractivity contribution is 0.184. The first-order valence-electron chi connectivity index (χ1n) is 7.03. The maximum Gasteiger partial charge on any atom is 0.133 e. The van der Waals surface area contributed by atoms with E-state index in [2.05, 4.69) is 12.1 Å². The Balaban J connectivity index is 1.67. The van der Waals surface area contributed by atoms with Gasteiger partial charge in [-0.1, -0.05) is 24.3 Å². The monoisotopic (exact) mass is 301 g/mol. The van der Waals surface area contributed by atoms with Gasteiger partial charge in [-0.2, -0.15) is 0 Å². The quantitative estimate of drug-likeness (QED) is 0.942. The molecule has 0 spiro atoms. The lowest BCUT2D eigenvalue weighted by Crippen LogP contribution is -2.43. The van der Waals surface area contributed by atoms with E-state index in [-0.39, 0.29) is 12.1 Å². The number of hydrogen-bond acceptors (Lipinski definition) is 4. The van der Waals surface area contributed by atoms with Crippen molar-refractivity contribution in [1.29, 1.82) is 0 Å². The molecule has 2 aromatic carbocycles. The average Bonchev–Trinajstić information content (AvgIpc) is 2.54. The number of thioether (sulfide) groups is 1. The maximum absolute atomic E-state index is 6.35. The van der Waals surface area contributed by atoms with Gasteiger partial charge in [0.25, 0.3) is 0 Å². The summed E-state index contributed by atoms with van der Waals surface area (Å²) in [5.41, 5.74) is 7.53. The number of rotatable bonds is 4. The Kier molecular flexibility index (Phi) is 4.36. The molecule has 110 valence electrons. The van der Waals surface area contributed by atoms with Gasteiger partial charge in [0.2, 0.25) is 0 Å². The standard InChI is InChI=1S/C17H19NO2S/c1-19-13-6-4-5-12(9-13)10-14(18)16-11-21-17-8-3-2-7-15(17)20-16/h2-9,14,16H,10-11,18H2,1H3. The van der Waals surface area contributed by atoms with E-state index in [4.69, 9.17) is 15.2 Å². The van der Waals surface area contributed by atoms with Crippen LogP contribution in [0.2, 0.25) is 0 Å². The maximum atomic E-state index is 6.35. The van der Waals surface area contributed by atoms with E-state index < -0.39 is 0 Å². The molecule has 1 heterocycles. The Morgan fingerprint density at radius 1 is 1.29 bits per heavy atom. The summed E-state index contributed by atoms with van der Waals surface area (Å²) in [5.74, 6) is 2.70. The van der Waals surface area contributed by atoms with Crippen molar-refractivity contribution < 1.29 is 9.47 Å². The third-order valence-electron chi connectivity index (χ3n) is 3.61. The molecule has 0 aliphatic carbocycles. The SMILES string of the molecule is COc1cccc(CC(N)C2CSc3ccccc3O2)c1. The molecule has 4 heteroatoms. The lowest BCUT2D eigenvalue weighted by atomic mass is 10.0. The first-order chi connectivity index (χ1) is 10.3. The predicted octanol–water partition coefficient (Wildman–Crippen LogP) is 3.12. The lowest BCUT2D eigenvalue weighted by Gasteiger charge is -2.29. The molecule has 0 radical (unpaired) electrons. The van der Waals surface area contributed by atoms with Crippen LogP contribution in [0.4, 0.5) is 0 Å². The topological polar surface area (TPSA) is 44.5 Å². The molecule has 3 rings (SSSR count). The summed E-state index contributed by atoms with van der Waals surface area (Å²) in [7, 11) is 1.68. The number of hydrogen-bond donors (Lipinski definition) is 1. The molecular formula is C17H19NO2S. The molecule has 2 unspecified atom stereocenters.